The van der Waals surface area contributed by atoms with E-state index in [1.807, 2.05) is 0 Å². The lowest BCUT2D eigenvalue weighted by molar-refractivity contribution is -0.161. The van der Waals surface area contributed by atoms with Crippen molar-refractivity contribution >= 4 is 39.5 Å². The lowest BCUT2D eigenvalue weighted by atomic mass is 10.0. The normalized spacial score (nSPS) is 14.0. The quantitative estimate of drug-likeness (QED) is 0.0169. The van der Waals surface area contributed by atoms with Gasteiger partial charge in [-0.3, -0.25) is 37.3 Å². The fourth-order valence-electron chi connectivity index (χ4n) is 11.9. The molecule has 0 saturated heterocycles. The van der Waals surface area contributed by atoms with Gasteiger partial charge in [-0.2, -0.15) is 0 Å². The molecule has 0 rings (SSSR count). The van der Waals surface area contributed by atoms with E-state index in [0.717, 1.165) is 122 Å². The predicted octanol–water partition coefficient (Wildman–Crippen LogP) is 23.7. The third-order valence-electron chi connectivity index (χ3n) is 18.2. The van der Waals surface area contributed by atoms with Crippen LogP contribution in [0.5, 0.6) is 0 Å². The molecule has 3 N–H and O–H groups in total. The van der Waals surface area contributed by atoms with Gasteiger partial charge in [0.1, 0.15) is 19.3 Å². The molecule has 0 aromatic heterocycles. The van der Waals surface area contributed by atoms with Crippen molar-refractivity contribution in [1.82, 2.24) is 0 Å². The molecule has 19 heteroatoms. The van der Waals surface area contributed by atoms with Gasteiger partial charge in [0.05, 0.1) is 26.4 Å². The molecule has 0 fully saturated rings. The fourth-order valence-corrected chi connectivity index (χ4v) is 13.5. The van der Waals surface area contributed by atoms with Gasteiger partial charge < -0.3 is 33.8 Å². The first-order valence-electron chi connectivity index (χ1n) is 41.1. The van der Waals surface area contributed by atoms with Gasteiger partial charge >= 0.3 is 39.5 Å². The molecule has 0 amide bonds. The number of rotatable bonds is 79. The zero-order valence-corrected chi connectivity index (χ0v) is 65.7. The summed E-state index contributed by atoms with van der Waals surface area (Å²) in [5.41, 5.74) is 0. The Kier molecular flexibility index (Phi) is 72.0. The van der Waals surface area contributed by atoms with Gasteiger partial charge in [-0.25, -0.2) is 9.13 Å². The lowest BCUT2D eigenvalue weighted by Gasteiger charge is -2.21. The number of hydrogen-bond donors (Lipinski definition) is 3. The minimum atomic E-state index is -4.97. The van der Waals surface area contributed by atoms with Crippen molar-refractivity contribution in [2.45, 2.75) is 425 Å². The number of unbranched alkanes of at least 4 members (excludes halogenated alkanes) is 50. The fraction of sp³-hybridized carbons (Fsp3) is 0.900. The number of carbonyl (C=O) groups is 4. The Morgan fingerprint density at radius 1 is 0.283 bits per heavy atom. The van der Waals surface area contributed by atoms with E-state index >= 15 is 0 Å². The highest BCUT2D eigenvalue weighted by molar-refractivity contribution is 7.47. The molecule has 0 aromatic rings. The summed E-state index contributed by atoms with van der Waals surface area (Å²) in [6, 6.07) is 0. The van der Waals surface area contributed by atoms with Crippen LogP contribution in [0, 0.1) is 0 Å². The number of carbonyl (C=O) groups excluding carboxylic acids is 4. The molecule has 0 saturated carbocycles. The molecule has 0 bridgehead atoms. The number of hydrogen-bond acceptors (Lipinski definition) is 15. The van der Waals surface area contributed by atoms with E-state index < -0.39 is 97.5 Å². The Morgan fingerprint density at radius 2 is 0.485 bits per heavy atom. The molecule has 0 aliphatic rings. The Hall–Kier alpha value is -2.46. The molecule has 2 unspecified atom stereocenters. The van der Waals surface area contributed by atoms with Gasteiger partial charge in [-0.15, -0.1) is 0 Å². The summed E-state index contributed by atoms with van der Waals surface area (Å²) < 4.78 is 68.5. The third kappa shape index (κ3) is 73.6. The maximum atomic E-state index is 13.1. The average molecular weight is 1450 g/mol. The lowest BCUT2D eigenvalue weighted by Crippen LogP contribution is -2.30. The van der Waals surface area contributed by atoms with Crippen LogP contribution in [0.15, 0.2) is 24.3 Å². The van der Waals surface area contributed by atoms with E-state index in [4.69, 9.17) is 37.0 Å². The topological polar surface area (TPSA) is 237 Å². The summed E-state index contributed by atoms with van der Waals surface area (Å²) in [5.74, 6) is -2.14. The van der Waals surface area contributed by atoms with Gasteiger partial charge in [0.25, 0.3) is 0 Å². The van der Waals surface area contributed by atoms with Crippen LogP contribution in [-0.4, -0.2) is 96.7 Å². The number of phosphoric ester groups is 2. The SMILES string of the molecule is CCCCCC/C=C\C=C/CCCCCCCC(=O)OC[C@H](COP(=O)(O)OC[C@@H](O)COP(=O)(O)OC[C@@H](COC(=O)CCCCCCCCC)OC(=O)CCCCCCCCCCCCCCCCC)OC(=O)CCCCCCCCCCCCCCCCCCCCCCCC. The van der Waals surface area contributed by atoms with Crippen LogP contribution in [0.2, 0.25) is 0 Å². The zero-order chi connectivity index (χ0) is 72.5. The van der Waals surface area contributed by atoms with Crippen LogP contribution >= 0.6 is 15.6 Å². The number of phosphoric acid groups is 2. The number of aliphatic hydroxyl groups excluding tert-OH is 1. The van der Waals surface area contributed by atoms with Crippen molar-refractivity contribution in [3.8, 4) is 0 Å². The molecule has 5 atom stereocenters. The monoisotopic (exact) mass is 1450 g/mol. The largest absolute Gasteiger partial charge is 0.472 e. The van der Waals surface area contributed by atoms with E-state index in [0.29, 0.717) is 25.7 Å². The molecule has 17 nitrogen and oxygen atoms in total. The second-order valence-electron chi connectivity index (χ2n) is 28.1. The summed E-state index contributed by atoms with van der Waals surface area (Å²) in [7, 11) is -9.92. The number of esters is 4. The van der Waals surface area contributed by atoms with E-state index in [-0.39, 0.29) is 25.7 Å². The molecule has 584 valence electrons. The standard InChI is InChI=1S/C80H152O17P2/c1-5-9-13-17-21-24-27-30-33-34-35-36-37-38-39-42-45-48-51-55-59-63-67-80(85)97-76(71-91-78(83)65-61-57-53-49-46-43-40-31-28-25-22-18-14-10-6-2)73-95-99(88,89)93-69-74(81)68-92-98(86,87)94-72-75(70-90-77(82)64-60-56-52-20-16-12-8-4)96-79(84)66-62-58-54-50-47-44-41-32-29-26-23-19-15-11-7-3/h25,28,31,40,74-76,81H,5-24,26-27,29-30,32-39,41-73H2,1-4H3,(H,86,87)(H,88,89)/b28-25-,40-31-/t74-,75+,76+/m0/s1. The van der Waals surface area contributed by atoms with Gasteiger partial charge in [0, 0.05) is 25.7 Å². The minimum Gasteiger partial charge on any atom is -0.462 e. The molecular formula is C80H152O17P2. The van der Waals surface area contributed by atoms with E-state index in [2.05, 4.69) is 52.0 Å². The van der Waals surface area contributed by atoms with Crippen LogP contribution in [0.1, 0.15) is 407 Å². The van der Waals surface area contributed by atoms with Crippen molar-refractivity contribution in [1.29, 1.82) is 0 Å². The summed E-state index contributed by atoms with van der Waals surface area (Å²) >= 11 is 0. The number of allylic oxidation sites excluding steroid dienone is 4. The minimum absolute atomic E-state index is 0.102. The van der Waals surface area contributed by atoms with Crippen molar-refractivity contribution in [3.05, 3.63) is 24.3 Å². The third-order valence-corrected chi connectivity index (χ3v) is 20.1. The molecule has 0 aliphatic carbocycles. The smallest absolute Gasteiger partial charge is 0.462 e. The number of ether oxygens (including phenoxy) is 4. The average Bonchev–Trinajstić information content (AvgIpc) is 1.05. The predicted molar refractivity (Wildman–Crippen MR) is 405 cm³/mol. The Morgan fingerprint density at radius 3 is 0.737 bits per heavy atom. The van der Waals surface area contributed by atoms with Crippen molar-refractivity contribution in [2.75, 3.05) is 39.6 Å². The molecule has 0 aliphatic heterocycles. The molecule has 0 spiro atoms. The van der Waals surface area contributed by atoms with Gasteiger partial charge in [0.15, 0.2) is 12.2 Å². The molecule has 0 heterocycles. The Labute approximate surface area is 605 Å². The zero-order valence-electron chi connectivity index (χ0n) is 64.0. The molecule has 0 radical (unpaired) electrons. The van der Waals surface area contributed by atoms with Crippen LogP contribution in [0.4, 0.5) is 0 Å². The van der Waals surface area contributed by atoms with E-state index in [1.165, 1.54) is 205 Å². The first-order chi connectivity index (χ1) is 48.2. The van der Waals surface area contributed by atoms with Crippen LogP contribution < -0.4 is 0 Å². The number of aliphatic hydroxyl groups is 1. The van der Waals surface area contributed by atoms with E-state index in [1.54, 1.807) is 0 Å². The van der Waals surface area contributed by atoms with Crippen LogP contribution in [-0.2, 0) is 65.4 Å². The summed E-state index contributed by atoms with van der Waals surface area (Å²) in [4.78, 5) is 72.8. The van der Waals surface area contributed by atoms with E-state index in [9.17, 15) is 43.2 Å². The highest BCUT2D eigenvalue weighted by Gasteiger charge is 2.30. The Balaban J connectivity index is 5.18. The second-order valence-corrected chi connectivity index (χ2v) is 31.0. The first-order valence-corrected chi connectivity index (χ1v) is 44.1. The highest BCUT2D eigenvalue weighted by atomic mass is 31.2. The van der Waals surface area contributed by atoms with Crippen LogP contribution in [0.25, 0.3) is 0 Å². The highest BCUT2D eigenvalue weighted by Crippen LogP contribution is 2.45. The van der Waals surface area contributed by atoms with Crippen LogP contribution in [0.3, 0.4) is 0 Å². The maximum absolute atomic E-state index is 13.1. The molecule has 0 aromatic carbocycles. The van der Waals surface area contributed by atoms with Gasteiger partial charge in [-0.05, 0) is 51.4 Å². The Bertz CT molecular complexity index is 1970. The summed E-state index contributed by atoms with van der Waals surface area (Å²) in [5, 5.41) is 10.6. The van der Waals surface area contributed by atoms with Gasteiger partial charge in [0.2, 0.25) is 0 Å². The summed E-state index contributed by atoms with van der Waals surface area (Å²) in [6.45, 7) is 4.91. The summed E-state index contributed by atoms with van der Waals surface area (Å²) in [6.07, 6.45) is 69.0. The van der Waals surface area contributed by atoms with Crippen molar-refractivity contribution in [2.24, 2.45) is 0 Å². The van der Waals surface area contributed by atoms with Crippen molar-refractivity contribution in [3.63, 3.8) is 0 Å². The second kappa shape index (κ2) is 73.8. The van der Waals surface area contributed by atoms with Crippen molar-refractivity contribution < 1.29 is 80.2 Å². The molecule has 99 heavy (non-hydrogen) atoms. The first kappa shape index (κ1) is 96.5. The van der Waals surface area contributed by atoms with Gasteiger partial charge in [-0.1, -0.05) is 354 Å². The maximum Gasteiger partial charge on any atom is 0.472 e. The molecular weight excluding hydrogens is 1290 g/mol.